The van der Waals surface area contributed by atoms with E-state index in [2.05, 4.69) is 26.6 Å². The van der Waals surface area contributed by atoms with Crippen LogP contribution in [0.5, 0.6) is 0 Å². The second kappa shape index (κ2) is 4.55. The summed E-state index contributed by atoms with van der Waals surface area (Å²) >= 11 is 5.02. The zero-order valence-electron chi connectivity index (χ0n) is 8.21. The van der Waals surface area contributed by atoms with Gasteiger partial charge in [-0.25, -0.2) is 0 Å². The molecule has 2 N–H and O–H groups in total. The first-order valence-electron chi connectivity index (χ1n) is 4.63. The molecule has 1 atom stereocenters. The van der Waals surface area contributed by atoms with Crippen molar-refractivity contribution in [2.45, 2.75) is 10.1 Å². The summed E-state index contributed by atoms with van der Waals surface area (Å²) in [5, 5.41) is 5.89. The number of thioether (sulfide) groups is 1. The number of carbonyl (C=O) groups is 1. The molecule has 0 radical (unpaired) electrons. The van der Waals surface area contributed by atoms with Gasteiger partial charge in [-0.15, -0.1) is 11.8 Å². The zero-order chi connectivity index (χ0) is 10.8. The van der Waals surface area contributed by atoms with Crippen molar-refractivity contribution in [2.24, 2.45) is 0 Å². The van der Waals surface area contributed by atoms with Crippen molar-refractivity contribution in [1.82, 2.24) is 5.32 Å². The molecule has 0 aliphatic carbocycles. The lowest BCUT2D eigenvalue weighted by Crippen LogP contribution is -2.36. The molecule has 5 heteroatoms. The van der Waals surface area contributed by atoms with Gasteiger partial charge in [0.25, 0.3) is 0 Å². The number of benzene rings is 1. The number of para-hydroxylation sites is 1. The Morgan fingerprint density at radius 1 is 1.60 bits per heavy atom. The number of rotatable bonds is 2. The van der Waals surface area contributed by atoms with Gasteiger partial charge >= 0.3 is 0 Å². The second-order valence-electron chi connectivity index (χ2n) is 3.27. The number of carbonyl (C=O) groups excluding carboxylic acids is 1. The van der Waals surface area contributed by atoms with E-state index in [1.165, 1.54) is 0 Å². The van der Waals surface area contributed by atoms with Crippen LogP contribution in [0.4, 0.5) is 5.69 Å². The van der Waals surface area contributed by atoms with Crippen LogP contribution in [0.25, 0.3) is 0 Å². The molecule has 0 saturated carbocycles. The number of amides is 1. The lowest BCUT2D eigenvalue weighted by atomic mass is 10.3. The highest BCUT2D eigenvalue weighted by Crippen LogP contribution is 2.39. The van der Waals surface area contributed by atoms with Crippen LogP contribution in [0.15, 0.2) is 27.6 Å². The molecule has 3 nitrogen and oxygen atoms in total. The molecule has 1 aromatic rings. The van der Waals surface area contributed by atoms with Crippen LogP contribution in [0.2, 0.25) is 0 Å². The first-order valence-corrected chi connectivity index (χ1v) is 6.30. The summed E-state index contributed by atoms with van der Waals surface area (Å²) in [6.07, 6.45) is 0. The first kappa shape index (κ1) is 11.0. The van der Waals surface area contributed by atoms with Crippen LogP contribution in [-0.2, 0) is 4.79 Å². The molecule has 1 aliphatic heterocycles. The number of halogens is 1. The highest BCUT2D eigenvalue weighted by Gasteiger charge is 2.27. The largest absolute Gasteiger partial charge is 0.323 e. The van der Waals surface area contributed by atoms with Crippen molar-refractivity contribution < 1.29 is 4.79 Å². The number of nitrogens with one attached hydrogen (secondary N) is 2. The van der Waals surface area contributed by atoms with E-state index in [-0.39, 0.29) is 11.2 Å². The summed E-state index contributed by atoms with van der Waals surface area (Å²) in [5.41, 5.74) is 0.889. The predicted octanol–water partition coefficient (Wildman–Crippen LogP) is 2.08. The van der Waals surface area contributed by atoms with E-state index in [0.29, 0.717) is 6.54 Å². The molecule has 1 aliphatic rings. The van der Waals surface area contributed by atoms with Crippen LogP contribution in [-0.4, -0.2) is 24.7 Å². The number of anilines is 1. The highest BCUT2D eigenvalue weighted by molar-refractivity contribution is 9.10. The Hall–Kier alpha value is -0.520. The van der Waals surface area contributed by atoms with Crippen molar-refractivity contribution in [3.05, 3.63) is 22.7 Å². The Morgan fingerprint density at radius 3 is 3.13 bits per heavy atom. The van der Waals surface area contributed by atoms with E-state index >= 15 is 0 Å². The maximum Gasteiger partial charge on any atom is 0.239 e. The summed E-state index contributed by atoms with van der Waals surface area (Å²) in [6.45, 7) is 0.683. The molecule has 0 bridgehead atoms. The molecular formula is C10H11BrN2OS. The maximum atomic E-state index is 11.7. The number of hydrogen-bond acceptors (Lipinski definition) is 3. The zero-order valence-corrected chi connectivity index (χ0v) is 10.6. The fourth-order valence-electron chi connectivity index (χ4n) is 1.45. The Morgan fingerprint density at radius 2 is 2.40 bits per heavy atom. The van der Waals surface area contributed by atoms with Gasteiger partial charge in [-0.2, -0.15) is 0 Å². The third kappa shape index (κ3) is 2.19. The molecule has 1 unspecified atom stereocenters. The molecule has 80 valence electrons. The van der Waals surface area contributed by atoms with E-state index in [4.69, 9.17) is 0 Å². The summed E-state index contributed by atoms with van der Waals surface area (Å²) in [7, 11) is 1.85. The van der Waals surface area contributed by atoms with Gasteiger partial charge in [-0.05, 0) is 35.1 Å². The average Bonchev–Trinajstić information content (AvgIpc) is 2.21. The van der Waals surface area contributed by atoms with Gasteiger partial charge in [-0.3, -0.25) is 4.79 Å². The molecule has 0 aromatic heterocycles. The molecule has 0 saturated heterocycles. The lowest BCUT2D eigenvalue weighted by molar-refractivity contribution is -0.115. The van der Waals surface area contributed by atoms with Crippen LogP contribution in [0.1, 0.15) is 0 Å². The Bertz CT molecular complexity index is 397. The van der Waals surface area contributed by atoms with Gasteiger partial charge in [0.2, 0.25) is 5.91 Å². The van der Waals surface area contributed by atoms with Gasteiger partial charge in [-0.1, -0.05) is 6.07 Å². The normalized spacial score (nSPS) is 19.6. The van der Waals surface area contributed by atoms with E-state index in [1.807, 2.05) is 25.2 Å². The van der Waals surface area contributed by atoms with E-state index in [0.717, 1.165) is 15.1 Å². The topological polar surface area (TPSA) is 41.1 Å². The lowest BCUT2D eigenvalue weighted by Gasteiger charge is -2.24. The standard InChI is InChI=1S/C10H11BrN2OS/c1-12-5-8-10(14)13-9-6(11)3-2-4-7(9)15-8/h2-4,8,12H,5H2,1H3,(H,13,14). The minimum absolute atomic E-state index is 0.0446. The highest BCUT2D eigenvalue weighted by atomic mass is 79.9. The fourth-order valence-corrected chi connectivity index (χ4v) is 3.21. The van der Waals surface area contributed by atoms with Crippen molar-refractivity contribution >= 4 is 39.3 Å². The third-order valence-electron chi connectivity index (χ3n) is 2.17. The average molecular weight is 287 g/mol. The Kier molecular flexibility index (Phi) is 3.33. The monoisotopic (exact) mass is 286 g/mol. The van der Waals surface area contributed by atoms with Crippen molar-refractivity contribution in [3.8, 4) is 0 Å². The van der Waals surface area contributed by atoms with Crippen molar-refractivity contribution in [1.29, 1.82) is 0 Å². The van der Waals surface area contributed by atoms with Gasteiger partial charge in [0.1, 0.15) is 5.25 Å². The molecule has 1 amide bonds. The molecule has 1 aromatic carbocycles. The molecular weight excluding hydrogens is 276 g/mol. The minimum atomic E-state index is -0.0446. The molecule has 2 rings (SSSR count). The summed E-state index contributed by atoms with van der Waals surface area (Å²) < 4.78 is 0.934. The predicted molar refractivity (Wildman–Crippen MR) is 66.3 cm³/mol. The minimum Gasteiger partial charge on any atom is -0.323 e. The van der Waals surface area contributed by atoms with Crippen molar-refractivity contribution in [2.75, 3.05) is 18.9 Å². The summed E-state index contributed by atoms with van der Waals surface area (Å²) in [4.78, 5) is 12.8. The summed E-state index contributed by atoms with van der Waals surface area (Å²) in [5.74, 6) is 0.0637. The molecule has 15 heavy (non-hydrogen) atoms. The number of fused-ring (bicyclic) bond motifs is 1. The van der Waals surface area contributed by atoms with Crippen LogP contribution < -0.4 is 10.6 Å². The summed E-state index contributed by atoms with van der Waals surface area (Å²) in [6, 6.07) is 5.93. The van der Waals surface area contributed by atoms with Crippen molar-refractivity contribution in [3.63, 3.8) is 0 Å². The Labute approximate surface area is 101 Å². The van der Waals surface area contributed by atoms with Crippen LogP contribution in [0, 0.1) is 0 Å². The Balaban J connectivity index is 2.30. The van der Waals surface area contributed by atoms with Gasteiger partial charge in [0, 0.05) is 15.9 Å². The van der Waals surface area contributed by atoms with E-state index < -0.39 is 0 Å². The van der Waals surface area contributed by atoms with E-state index in [9.17, 15) is 4.79 Å². The quantitative estimate of drug-likeness (QED) is 0.875. The third-order valence-corrected chi connectivity index (χ3v) is 4.09. The smallest absolute Gasteiger partial charge is 0.239 e. The second-order valence-corrected chi connectivity index (χ2v) is 5.37. The first-order chi connectivity index (χ1) is 7.22. The van der Waals surface area contributed by atoms with Gasteiger partial charge in [0.05, 0.1) is 5.69 Å². The fraction of sp³-hybridized carbons (Fsp3) is 0.300. The van der Waals surface area contributed by atoms with Gasteiger partial charge in [0.15, 0.2) is 0 Å². The maximum absolute atomic E-state index is 11.7. The van der Waals surface area contributed by atoms with Crippen LogP contribution in [0.3, 0.4) is 0 Å². The molecule has 0 spiro atoms. The van der Waals surface area contributed by atoms with E-state index in [1.54, 1.807) is 11.8 Å². The molecule has 1 heterocycles. The van der Waals surface area contributed by atoms with Crippen LogP contribution >= 0.6 is 27.7 Å². The van der Waals surface area contributed by atoms with Gasteiger partial charge < -0.3 is 10.6 Å². The SMILES string of the molecule is CNCC1Sc2cccc(Br)c2NC1=O. The molecule has 0 fully saturated rings. The number of hydrogen-bond donors (Lipinski definition) is 2.